The van der Waals surface area contributed by atoms with Crippen LogP contribution in [-0.4, -0.2) is 45.7 Å². The minimum atomic E-state index is 0.649. The van der Waals surface area contributed by atoms with E-state index in [0.717, 1.165) is 35.8 Å². The first-order valence-corrected chi connectivity index (χ1v) is 9.15. The zero-order valence-corrected chi connectivity index (χ0v) is 14.7. The molecule has 3 aromatic rings. The van der Waals surface area contributed by atoms with Gasteiger partial charge in [0.05, 0.1) is 23.5 Å². The van der Waals surface area contributed by atoms with Crippen molar-refractivity contribution < 1.29 is 0 Å². The molecule has 132 valence electrons. The van der Waals surface area contributed by atoms with Crippen molar-refractivity contribution in [3.8, 4) is 17.3 Å². The van der Waals surface area contributed by atoms with E-state index in [0.29, 0.717) is 5.56 Å². The number of hydrogen-bond acceptors (Lipinski definition) is 5. The highest BCUT2D eigenvalue weighted by Crippen LogP contribution is 2.21. The van der Waals surface area contributed by atoms with Crippen molar-refractivity contribution >= 4 is 11.5 Å². The first kappa shape index (κ1) is 16.6. The Labute approximate surface area is 153 Å². The van der Waals surface area contributed by atoms with Crippen molar-refractivity contribution in [2.75, 3.05) is 31.5 Å². The number of imidazole rings is 1. The van der Waals surface area contributed by atoms with Gasteiger partial charge in [-0.1, -0.05) is 18.6 Å². The molecule has 0 saturated carbocycles. The predicted octanol–water partition coefficient (Wildman–Crippen LogP) is 3.17. The lowest BCUT2D eigenvalue weighted by Crippen LogP contribution is -2.33. The Morgan fingerprint density at radius 1 is 1.04 bits per heavy atom. The molecular formula is C20H22N6. The Morgan fingerprint density at radius 3 is 2.62 bits per heavy atom. The maximum absolute atomic E-state index is 8.95. The summed E-state index contributed by atoms with van der Waals surface area (Å²) in [7, 11) is 0. The molecule has 0 amide bonds. The van der Waals surface area contributed by atoms with Crippen LogP contribution < -0.4 is 5.32 Å². The van der Waals surface area contributed by atoms with Gasteiger partial charge in [-0.3, -0.25) is 0 Å². The number of likely N-dealkylation sites (tertiary alicyclic amines) is 1. The summed E-state index contributed by atoms with van der Waals surface area (Å²) in [6.07, 6.45) is 5.81. The highest BCUT2D eigenvalue weighted by molar-refractivity contribution is 5.64. The molecule has 6 nitrogen and oxygen atoms in total. The summed E-state index contributed by atoms with van der Waals surface area (Å²) < 4.78 is 1.85. The highest BCUT2D eigenvalue weighted by atomic mass is 15.3. The van der Waals surface area contributed by atoms with Gasteiger partial charge in [-0.05, 0) is 50.2 Å². The molecule has 1 N–H and O–H groups in total. The maximum Gasteiger partial charge on any atom is 0.154 e. The number of nitrogens with zero attached hydrogens (tertiary/aromatic N) is 5. The second-order valence-corrected chi connectivity index (χ2v) is 6.65. The monoisotopic (exact) mass is 346 g/mol. The van der Waals surface area contributed by atoms with Crippen LogP contribution in [0.1, 0.15) is 24.8 Å². The molecule has 1 aliphatic heterocycles. The number of piperidine rings is 1. The van der Waals surface area contributed by atoms with E-state index in [4.69, 9.17) is 10.4 Å². The molecule has 3 heterocycles. The maximum atomic E-state index is 8.95. The number of hydrogen-bond donors (Lipinski definition) is 1. The fourth-order valence-electron chi connectivity index (χ4n) is 3.41. The van der Waals surface area contributed by atoms with Crippen LogP contribution in [0, 0.1) is 11.3 Å². The normalized spacial score (nSPS) is 15.0. The number of anilines is 1. The van der Waals surface area contributed by atoms with Crippen LogP contribution in [0.25, 0.3) is 16.9 Å². The Balaban J connectivity index is 1.49. The van der Waals surface area contributed by atoms with Crippen molar-refractivity contribution in [3.63, 3.8) is 0 Å². The Hall–Kier alpha value is -2.91. The number of benzene rings is 1. The van der Waals surface area contributed by atoms with Crippen LogP contribution >= 0.6 is 0 Å². The quantitative estimate of drug-likeness (QED) is 0.768. The van der Waals surface area contributed by atoms with E-state index in [-0.39, 0.29) is 0 Å². The number of nitriles is 1. The van der Waals surface area contributed by atoms with Crippen molar-refractivity contribution in [3.05, 3.63) is 48.2 Å². The molecular weight excluding hydrogens is 324 g/mol. The average molecular weight is 346 g/mol. The summed E-state index contributed by atoms with van der Waals surface area (Å²) in [4.78, 5) is 6.94. The molecule has 2 aromatic heterocycles. The van der Waals surface area contributed by atoms with E-state index in [2.05, 4.69) is 21.3 Å². The van der Waals surface area contributed by atoms with E-state index >= 15 is 0 Å². The van der Waals surface area contributed by atoms with Crippen LogP contribution in [0.2, 0.25) is 0 Å². The van der Waals surface area contributed by atoms with Gasteiger partial charge in [0.25, 0.3) is 0 Å². The van der Waals surface area contributed by atoms with Crippen molar-refractivity contribution in [1.82, 2.24) is 19.5 Å². The zero-order chi connectivity index (χ0) is 17.8. The smallest absolute Gasteiger partial charge is 0.154 e. The third-order valence-electron chi connectivity index (χ3n) is 4.85. The number of aromatic nitrogens is 3. The summed E-state index contributed by atoms with van der Waals surface area (Å²) in [5, 5.41) is 17.1. The van der Waals surface area contributed by atoms with Gasteiger partial charge in [0.15, 0.2) is 5.65 Å². The average Bonchev–Trinajstić information content (AvgIpc) is 3.12. The third-order valence-corrected chi connectivity index (χ3v) is 4.85. The van der Waals surface area contributed by atoms with Gasteiger partial charge >= 0.3 is 0 Å². The van der Waals surface area contributed by atoms with E-state index < -0.39 is 0 Å². The summed E-state index contributed by atoms with van der Waals surface area (Å²) in [5.41, 5.74) is 3.38. The van der Waals surface area contributed by atoms with Gasteiger partial charge in [0, 0.05) is 18.7 Å². The van der Waals surface area contributed by atoms with Crippen LogP contribution in [0.15, 0.2) is 42.6 Å². The van der Waals surface area contributed by atoms with Crippen LogP contribution in [0.4, 0.5) is 5.82 Å². The number of fused-ring (bicyclic) bond motifs is 1. The standard InChI is InChI=1S/C20H22N6/c21-14-16-4-6-17(7-5-16)18-15-23-20-9-8-19(24-26(18)20)22-10-13-25-11-2-1-3-12-25/h4-9,15H,1-3,10-13H2,(H,22,24). The second kappa shape index (κ2) is 7.54. The topological polar surface area (TPSA) is 69.2 Å². The van der Waals surface area contributed by atoms with E-state index in [1.165, 1.54) is 32.4 Å². The Kier molecular flexibility index (Phi) is 4.80. The lowest BCUT2D eigenvalue weighted by atomic mass is 10.1. The van der Waals surface area contributed by atoms with Crippen LogP contribution in [0.5, 0.6) is 0 Å². The Morgan fingerprint density at radius 2 is 1.85 bits per heavy atom. The van der Waals surface area contributed by atoms with Crippen LogP contribution in [-0.2, 0) is 0 Å². The fourth-order valence-corrected chi connectivity index (χ4v) is 3.41. The van der Waals surface area contributed by atoms with Gasteiger partial charge in [-0.2, -0.15) is 5.26 Å². The minimum absolute atomic E-state index is 0.649. The van der Waals surface area contributed by atoms with Crippen molar-refractivity contribution in [2.45, 2.75) is 19.3 Å². The lowest BCUT2D eigenvalue weighted by molar-refractivity contribution is 0.237. The number of rotatable bonds is 5. The first-order valence-electron chi connectivity index (χ1n) is 9.15. The fraction of sp³-hybridized carbons (Fsp3) is 0.350. The molecule has 1 aliphatic rings. The third kappa shape index (κ3) is 3.53. The van der Waals surface area contributed by atoms with Gasteiger partial charge < -0.3 is 10.2 Å². The van der Waals surface area contributed by atoms with Crippen molar-refractivity contribution in [2.24, 2.45) is 0 Å². The second-order valence-electron chi connectivity index (χ2n) is 6.65. The minimum Gasteiger partial charge on any atom is -0.367 e. The largest absolute Gasteiger partial charge is 0.367 e. The molecule has 26 heavy (non-hydrogen) atoms. The SMILES string of the molecule is N#Cc1ccc(-c2cnc3ccc(NCCN4CCCCC4)nn23)cc1. The van der Waals surface area contributed by atoms with Crippen molar-refractivity contribution in [1.29, 1.82) is 5.26 Å². The molecule has 0 bridgehead atoms. The van der Waals surface area contributed by atoms with E-state index in [9.17, 15) is 0 Å². The summed E-state index contributed by atoms with van der Waals surface area (Å²) in [6.45, 7) is 4.35. The van der Waals surface area contributed by atoms with E-state index in [1.54, 1.807) is 0 Å². The molecule has 0 atom stereocenters. The summed E-state index contributed by atoms with van der Waals surface area (Å²) in [6, 6.07) is 13.6. The molecule has 6 heteroatoms. The Bertz CT molecular complexity index is 916. The first-order chi connectivity index (χ1) is 12.8. The number of nitrogens with one attached hydrogen (secondary N) is 1. The van der Waals surface area contributed by atoms with Gasteiger partial charge in [-0.25, -0.2) is 9.50 Å². The molecule has 1 fully saturated rings. The van der Waals surface area contributed by atoms with Crippen LogP contribution in [0.3, 0.4) is 0 Å². The summed E-state index contributed by atoms with van der Waals surface area (Å²) >= 11 is 0. The molecule has 0 spiro atoms. The van der Waals surface area contributed by atoms with Gasteiger partial charge in [-0.15, -0.1) is 5.10 Å². The van der Waals surface area contributed by atoms with E-state index in [1.807, 2.05) is 47.1 Å². The lowest BCUT2D eigenvalue weighted by Gasteiger charge is -2.26. The molecule has 1 aromatic carbocycles. The van der Waals surface area contributed by atoms with Gasteiger partial charge in [0.2, 0.25) is 0 Å². The van der Waals surface area contributed by atoms with Gasteiger partial charge in [0.1, 0.15) is 5.82 Å². The summed E-state index contributed by atoms with van der Waals surface area (Å²) in [5.74, 6) is 0.849. The highest BCUT2D eigenvalue weighted by Gasteiger charge is 2.10. The predicted molar refractivity (Wildman–Crippen MR) is 102 cm³/mol. The molecule has 1 saturated heterocycles. The zero-order valence-electron chi connectivity index (χ0n) is 14.7. The molecule has 0 radical (unpaired) electrons. The molecule has 4 rings (SSSR count). The molecule has 0 aliphatic carbocycles. The molecule has 0 unspecified atom stereocenters.